The zero-order valence-corrected chi connectivity index (χ0v) is 24.2. The highest BCUT2D eigenvalue weighted by Gasteiger charge is 2.59. The standard InChI is InChI=1S/C32H54F2O2/c1-21(9-8-16-30(4,5)35)25-12-13-26-24-11-10-22-19-23(36-20-29(2,3)28(33)34)14-17-31(22,6)27(24)15-18-32(25,26)7/h10,21,23-28,35H,8-9,11-20H2,1-7H3/t21-,23+,24+,25-,26+,27+,31+,32-/m1/s1. The predicted octanol–water partition coefficient (Wildman–Crippen LogP) is 8.82. The summed E-state index contributed by atoms with van der Waals surface area (Å²) in [5.41, 5.74) is 0.653. The summed E-state index contributed by atoms with van der Waals surface area (Å²) in [4.78, 5) is 0. The largest absolute Gasteiger partial charge is 0.390 e. The van der Waals surface area contributed by atoms with Crippen LogP contribution in [0.4, 0.5) is 8.78 Å². The number of alkyl halides is 2. The molecule has 0 amide bonds. The topological polar surface area (TPSA) is 29.5 Å². The summed E-state index contributed by atoms with van der Waals surface area (Å²) >= 11 is 0. The third-order valence-electron chi connectivity index (χ3n) is 11.5. The van der Waals surface area contributed by atoms with Crippen molar-refractivity contribution in [2.24, 2.45) is 45.8 Å². The molecule has 1 N–H and O–H groups in total. The van der Waals surface area contributed by atoms with Gasteiger partial charge < -0.3 is 9.84 Å². The van der Waals surface area contributed by atoms with E-state index in [2.05, 4.69) is 26.8 Å². The Balaban J connectivity index is 1.41. The third-order valence-corrected chi connectivity index (χ3v) is 11.5. The highest BCUT2D eigenvalue weighted by Crippen LogP contribution is 2.67. The molecule has 0 aromatic carbocycles. The molecule has 36 heavy (non-hydrogen) atoms. The number of fused-ring (bicyclic) bond motifs is 5. The molecule has 0 bridgehead atoms. The fourth-order valence-electron chi connectivity index (χ4n) is 9.20. The van der Waals surface area contributed by atoms with Gasteiger partial charge in [-0.15, -0.1) is 0 Å². The van der Waals surface area contributed by atoms with Crippen LogP contribution in [0.25, 0.3) is 0 Å². The number of halogens is 2. The summed E-state index contributed by atoms with van der Waals surface area (Å²) in [5.74, 6) is 3.92. The third kappa shape index (κ3) is 5.47. The van der Waals surface area contributed by atoms with Crippen molar-refractivity contribution in [2.75, 3.05) is 6.61 Å². The molecule has 4 aliphatic rings. The molecule has 2 nitrogen and oxygen atoms in total. The van der Waals surface area contributed by atoms with Crippen LogP contribution in [0.5, 0.6) is 0 Å². The van der Waals surface area contributed by atoms with Crippen LogP contribution in [-0.4, -0.2) is 29.8 Å². The number of rotatable bonds is 9. The maximum atomic E-state index is 13.3. The second kappa shape index (κ2) is 10.2. The van der Waals surface area contributed by atoms with Crippen LogP contribution in [0.2, 0.25) is 0 Å². The molecular weight excluding hydrogens is 454 g/mol. The summed E-state index contributed by atoms with van der Waals surface area (Å²) in [6.07, 6.45) is 13.3. The minimum atomic E-state index is -2.35. The Hall–Kier alpha value is -0.480. The van der Waals surface area contributed by atoms with Gasteiger partial charge in [0.15, 0.2) is 0 Å². The van der Waals surface area contributed by atoms with E-state index in [1.54, 1.807) is 19.4 Å². The molecule has 0 saturated heterocycles. The van der Waals surface area contributed by atoms with Crippen molar-refractivity contribution in [1.29, 1.82) is 0 Å². The van der Waals surface area contributed by atoms with Crippen molar-refractivity contribution in [3.8, 4) is 0 Å². The van der Waals surface area contributed by atoms with Crippen LogP contribution in [0, 0.1) is 45.8 Å². The van der Waals surface area contributed by atoms with Gasteiger partial charge in [-0.1, -0.05) is 59.1 Å². The number of allylic oxidation sites excluding steroid dienone is 1. The van der Waals surface area contributed by atoms with Crippen LogP contribution >= 0.6 is 0 Å². The van der Waals surface area contributed by atoms with Gasteiger partial charge in [-0.25, -0.2) is 8.78 Å². The highest BCUT2D eigenvalue weighted by molar-refractivity contribution is 5.25. The minimum Gasteiger partial charge on any atom is -0.390 e. The Kier molecular flexibility index (Phi) is 8.12. The first-order valence-corrected chi connectivity index (χ1v) is 15.0. The van der Waals surface area contributed by atoms with Crippen LogP contribution in [0.15, 0.2) is 11.6 Å². The van der Waals surface area contributed by atoms with Gasteiger partial charge in [0.2, 0.25) is 6.43 Å². The SMILES string of the molecule is C[C@H](CCCC(C)(C)O)[C@H]1CC[C@H]2[C@@H]3CC=C4C[C@@H](OCC(C)(C)C(F)F)CC[C@]4(C)[C@H]3CC[C@]12C. The van der Waals surface area contributed by atoms with E-state index in [4.69, 9.17) is 4.74 Å². The molecule has 0 aromatic rings. The molecule has 0 unspecified atom stereocenters. The first-order chi connectivity index (χ1) is 16.7. The molecule has 0 radical (unpaired) electrons. The first kappa shape index (κ1) is 28.5. The van der Waals surface area contributed by atoms with Gasteiger partial charge in [-0.2, -0.15) is 0 Å². The predicted molar refractivity (Wildman–Crippen MR) is 144 cm³/mol. The molecule has 0 aliphatic heterocycles. The Morgan fingerprint density at radius 1 is 1.06 bits per heavy atom. The molecule has 3 saturated carbocycles. The highest BCUT2D eigenvalue weighted by atomic mass is 19.3. The van der Waals surface area contributed by atoms with Crippen LogP contribution < -0.4 is 0 Å². The average Bonchev–Trinajstić information content (AvgIpc) is 3.14. The fourth-order valence-corrected chi connectivity index (χ4v) is 9.20. The fraction of sp³-hybridized carbons (Fsp3) is 0.938. The zero-order valence-electron chi connectivity index (χ0n) is 24.2. The van der Waals surface area contributed by atoms with E-state index in [9.17, 15) is 13.9 Å². The maximum absolute atomic E-state index is 13.3. The molecule has 4 heteroatoms. The lowest BCUT2D eigenvalue weighted by atomic mass is 9.47. The Labute approximate surface area is 220 Å². The quantitative estimate of drug-likeness (QED) is 0.315. The van der Waals surface area contributed by atoms with Gasteiger partial charge in [0.05, 0.1) is 18.3 Å². The van der Waals surface area contributed by atoms with E-state index in [0.717, 1.165) is 61.7 Å². The van der Waals surface area contributed by atoms with Gasteiger partial charge in [0, 0.05) is 5.41 Å². The molecule has 0 spiro atoms. The van der Waals surface area contributed by atoms with E-state index >= 15 is 0 Å². The van der Waals surface area contributed by atoms with E-state index in [0.29, 0.717) is 5.41 Å². The van der Waals surface area contributed by atoms with Crippen LogP contribution in [-0.2, 0) is 4.74 Å². The summed E-state index contributed by atoms with van der Waals surface area (Å²) in [6, 6.07) is 0. The number of ether oxygens (including phenoxy) is 1. The number of hydrogen-bond acceptors (Lipinski definition) is 2. The molecule has 4 rings (SSSR count). The van der Waals surface area contributed by atoms with Gasteiger partial charge in [-0.05, 0) is 112 Å². The minimum absolute atomic E-state index is 0.0911. The maximum Gasteiger partial charge on any atom is 0.245 e. The van der Waals surface area contributed by atoms with Crippen molar-refractivity contribution >= 4 is 0 Å². The number of aliphatic hydroxyl groups is 1. The second-order valence-corrected chi connectivity index (χ2v) is 15.1. The normalized spacial score (nSPS) is 39.9. The molecule has 208 valence electrons. The molecule has 0 aromatic heterocycles. The smallest absolute Gasteiger partial charge is 0.245 e. The Morgan fingerprint density at radius 3 is 2.44 bits per heavy atom. The second-order valence-electron chi connectivity index (χ2n) is 15.1. The Bertz CT molecular complexity index is 798. The molecule has 8 atom stereocenters. The van der Waals surface area contributed by atoms with E-state index in [1.807, 2.05) is 13.8 Å². The van der Waals surface area contributed by atoms with Crippen molar-refractivity contribution in [3.63, 3.8) is 0 Å². The lowest BCUT2D eigenvalue weighted by molar-refractivity contribution is -0.0903. The van der Waals surface area contributed by atoms with Crippen LogP contribution in [0.1, 0.15) is 119 Å². The monoisotopic (exact) mass is 508 g/mol. The van der Waals surface area contributed by atoms with E-state index in [-0.39, 0.29) is 18.1 Å². The number of hydrogen-bond donors (Lipinski definition) is 1. The van der Waals surface area contributed by atoms with E-state index in [1.165, 1.54) is 38.5 Å². The zero-order chi connectivity index (χ0) is 26.5. The van der Waals surface area contributed by atoms with Crippen molar-refractivity contribution in [2.45, 2.75) is 137 Å². The Morgan fingerprint density at radius 2 is 1.78 bits per heavy atom. The molecular formula is C32H54F2O2. The van der Waals surface area contributed by atoms with Gasteiger partial charge in [0.1, 0.15) is 0 Å². The summed E-state index contributed by atoms with van der Waals surface area (Å²) in [6.45, 7) is 14.8. The molecule has 4 aliphatic carbocycles. The molecule has 3 fully saturated rings. The van der Waals surface area contributed by atoms with Gasteiger partial charge in [0.25, 0.3) is 0 Å². The van der Waals surface area contributed by atoms with Crippen molar-refractivity contribution in [3.05, 3.63) is 11.6 Å². The van der Waals surface area contributed by atoms with Gasteiger partial charge in [-0.3, -0.25) is 0 Å². The van der Waals surface area contributed by atoms with E-state index < -0.39 is 17.4 Å². The van der Waals surface area contributed by atoms with Gasteiger partial charge >= 0.3 is 0 Å². The average molecular weight is 509 g/mol. The molecule has 0 heterocycles. The first-order valence-electron chi connectivity index (χ1n) is 15.0. The lowest BCUT2D eigenvalue weighted by Crippen LogP contribution is -2.51. The van der Waals surface area contributed by atoms with Crippen molar-refractivity contribution in [1.82, 2.24) is 0 Å². The summed E-state index contributed by atoms with van der Waals surface area (Å²) in [5, 5.41) is 10.1. The van der Waals surface area contributed by atoms with Crippen molar-refractivity contribution < 1.29 is 18.6 Å². The summed E-state index contributed by atoms with van der Waals surface area (Å²) < 4.78 is 32.7. The lowest BCUT2D eigenvalue weighted by Gasteiger charge is -2.58. The summed E-state index contributed by atoms with van der Waals surface area (Å²) in [7, 11) is 0. The van der Waals surface area contributed by atoms with Crippen LogP contribution in [0.3, 0.4) is 0 Å².